The van der Waals surface area contributed by atoms with Gasteiger partial charge in [0.1, 0.15) is 5.75 Å². The summed E-state index contributed by atoms with van der Waals surface area (Å²) in [5.74, 6) is 0.406. The van der Waals surface area contributed by atoms with Crippen LogP contribution in [0.3, 0.4) is 0 Å². The summed E-state index contributed by atoms with van der Waals surface area (Å²) < 4.78 is 32.4. The molecule has 0 radical (unpaired) electrons. The van der Waals surface area contributed by atoms with E-state index < -0.39 is 10.0 Å². The molecule has 0 unspecified atom stereocenters. The predicted octanol–water partition coefficient (Wildman–Crippen LogP) is 2.99. The molecule has 1 aliphatic rings. The largest absolute Gasteiger partial charge is 0.496 e. The van der Waals surface area contributed by atoms with Crippen molar-refractivity contribution in [2.24, 2.45) is 5.92 Å². The summed E-state index contributed by atoms with van der Waals surface area (Å²) in [5, 5.41) is 2.94. The molecule has 30 heavy (non-hydrogen) atoms. The first-order valence-electron chi connectivity index (χ1n) is 10.4. The molecule has 1 atom stereocenters. The van der Waals surface area contributed by atoms with E-state index in [0.717, 1.165) is 23.3 Å². The Labute approximate surface area is 179 Å². The maximum absolute atomic E-state index is 12.8. The Balaban J connectivity index is 1.51. The summed E-state index contributed by atoms with van der Waals surface area (Å²) in [6.07, 6.45) is 2.71. The lowest BCUT2D eigenvalue weighted by atomic mass is 9.98. The van der Waals surface area contributed by atoms with Crippen LogP contribution in [0, 0.1) is 5.92 Å². The molecule has 1 fully saturated rings. The van der Waals surface area contributed by atoms with Crippen LogP contribution in [0.2, 0.25) is 0 Å². The van der Waals surface area contributed by atoms with E-state index in [0.29, 0.717) is 32.4 Å². The number of nitrogens with zero attached hydrogens (tertiary/aromatic N) is 1. The van der Waals surface area contributed by atoms with E-state index in [4.69, 9.17) is 4.74 Å². The molecule has 3 rings (SSSR count). The van der Waals surface area contributed by atoms with E-state index in [9.17, 15) is 13.2 Å². The summed E-state index contributed by atoms with van der Waals surface area (Å²) in [5.41, 5.74) is 2.04. The zero-order chi connectivity index (χ0) is 21.4. The van der Waals surface area contributed by atoms with Gasteiger partial charge in [-0.2, -0.15) is 0 Å². The summed E-state index contributed by atoms with van der Waals surface area (Å²) in [6.45, 7) is 1.11. The van der Waals surface area contributed by atoms with Crippen LogP contribution in [0.1, 0.15) is 30.4 Å². The van der Waals surface area contributed by atoms with Gasteiger partial charge in [-0.05, 0) is 37.3 Å². The van der Waals surface area contributed by atoms with Gasteiger partial charge in [-0.1, -0.05) is 48.5 Å². The van der Waals surface area contributed by atoms with Crippen molar-refractivity contribution in [3.8, 4) is 5.75 Å². The molecule has 7 heteroatoms. The molecule has 1 N–H and O–H groups in total. The number of ether oxygens (including phenoxy) is 1. The zero-order valence-electron chi connectivity index (χ0n) is 17.4. The number of hydrogen-bond donors (Lipinski definition) is 1. The number of carbonyl (C=O) groups is 1. The van der Waals surface area contributed by atoms with Crippen LogP contribution in [-0.4, -0.2) is 44.6 Å². The summed E-state index contributed by atoms with van der Waals surface area (Å²) in [7, 11) is -1.76. The average molecular weight is 431 g/mol. The fourth-order valence-electron chi connectivity index (χ4n) is 3.82. The third-order valence-electron chi connectivity index (χ3n) is 5.50. The van der Waals surface area contributed by atoms with Crippen LogP contribution in [-0.2, 0) is 27.8 Å². The second-order valence-electron chi connectivity index (χ2n) is 7.63. The first-order valence-corrected chi connectivity index (χ1v) is 12.0. The van der Waals surface area contributed by atoms with Crippen molar-refractivity contribution < 1.29 is 17.9 Å². The zero-order valence-corrected chi connectivity index (χ0v) is 18.2. The van der Waals surface area contributed by atoms with Crippen molar-refractivity contribution >= 4 is 15.9 Å². The molecular formula is C23H30N2O4S. The van der Waals surface area contributed by atoms with E-state index >= 15 is 0 Å². The van der Waals surface area contributed by atoms with Crippen LogP contribution >= 0.6 is 0 Å². The van der Waals surface area contributed by atoms with E-state index in [2.05, 4.69) is 5.32 Å². The SMILES string of the molecule is COc1ccccc1CNC(=O)[C@H]1CCCN(S(=O)(=O)CCCc2ccccc2)C1. The molecule has 0 aromatic heterocycles. The molecule has 2 aromatic carbocycles. The molecule has 162 valence electrons. The highest BCUT2D eigenvalue weighted by Crippen LogP contribution is 2.22. The van der Waals surface area contributed by atoms with Crippen molar-refractivity contribution in [2.75, 3.05) is 26.0 Å². The Kier molecular flexibility index (Phi) is 7.87. The second kappa shape index (κ2) is 10.6. The smallest absolute Gasteiger partial charge is 0.224 e. The third-order valence-corrected chi connectivity index (χ3v) is 7.43. The van der Waals surface area contributed by atoms with E-state index in [1.54, 1.807) is 7.11 Å². The molecule has 0 aliphatic carbocycles. The maximum atomic E-state index is 12.8. The number of aryl methyl sites for hydroxylation is 1. The van der Waals surface area contributed by atoms with Crippen LogP contribution in [0.4, 0.5) is 0 Å². The molecular weight excluding hydrogens is 400 g/mol. The monoisotopic (exact) mass is 430 g/mol. The Morgan fingerprint density at radius 1 is 1.13 bits per heavy atom. The van der Waals surface area contributed by atoms with E-state index in [1.165, 1.54) is 4.31 Å². The number of sulfonamides is 1. The summed E-state index contributed by atoms with van der Waals surface area (Å²) >= 11 is 0. The highest BCUT2D eigenvalue weighted by atomic mass is 32.2. The standard InChI is InChI=1S/C23H30N2O4S/c1-29-22-14-6-5-12-20(22)17-24-23(26)21-13-7-15-25(18-21)30(27,28)16-8-11-19-9-3-2-4-10-19/h2-6,9-10,12,14,21H,7-8,11,13,15-18H2,1H3,(H,24,26)/t21-/m0/s1. The fourth-order valence-corrected chi connectivity index (χ4v) is 5.40. The van der Waals surface area contributed by atoms with Crippen molar-refractivity contribution in [3.05, 3.63) is 65.7 Å². The number of rotatable bonds is 9. The minimum absolute atomic E-state index is 0.106. The molecule has 0 bridgehead atoms. The van der Waals surface area contributed by atoms with Crippen molar-refractivity contribution in [1.29, 1.82) is 0 Å². The van der Waals surface area contributed by atoms with Gasteiger partial charge < -0.3 is 10.1 Å². The number of methoxy groups -OCH3 is 1. The van der Waals surface area contributed by atoms with Crippen LogP contribution in [0.15, 0.2) is 54.6 Å². The van der Waals surface area contributed by atoms with Gasteiger partial charge in [-0.15, -0.1) is 0 Å². The quantitative estimate of drug-likeness (QED) is 0.664. The number of carbonyl (C=O) groups excluding carboxylic acids is 1. The Morgan fingerprint density at radius 3 is 2.63 bits per heavy atom. The van der Waals surface area contributed by atoms with Gasteiger partial charge >= 0.3 is 0 Å². The number of benzene rings is 2. The van der Waals surface area contributed by atoms with Crippen LogP contribution < -0.4 is 10.1 Å². The lowest BCUT2D eigenvalue weighted by molar-refractivity contribution is -0.126. The van der Waals surface area contributed by atoms with Crippen molar-refractivity contribution in [2.45, 2.75) is 32.2 Å². The highest BCUT2D eigenvalue weighted by molar-refractivity contribution is 7.89. The topological polar surface area (TPSA) is 75.7 Å². The lowest BCUT2D eigenvalue weighted by Crippen LogP contribution is -2.46. The molecule has 1 amide bonds. The minimum atomic E-state index is -3.36. The molecule has 1 saturated heterocycles. The fraction of sp³-hybridized carbons (Fsp3) is 0.435. The first-order chi connectivity index (χ1) is 14.5. The van der Waals surface area contributed by atoms with Gasteiger partial charge in [0.15, 0.2) is 0 Å². The Hall–Kier alpha value is -2.38. The van der Waals surface area contributed by atoms with Gasteiger partial charge in [0.2, 0.25) is 15.9 Å². The number of hydrogen-bond acceptors (Lipinski definition) is 4. The van der Waals surface area contributed by atoms with Gasteiger partial charge in [0.25, 0.3) is 0 Å². The normalized spacial score (nSPS) is 17.4. The van der Waals surface area contributed by atoms with Crippen molar-refractivity contribution in [1.82, 2.24) is 9.62 Å². The molecule has 1 aliphatic heterocycles. The maximum Gasteiger partial charge on any atom is 0.224 e. The summed E-state index contributed by atoms with van der Waals surface area (Å²) in [4.78, 5) is 12.7. The average Bonchev–Trinajstić information content (AvgIpc) is 2.78. The van der Waals surface area contributed by atoms with E-state index in [-0.39, 0.29) is 24.1 Å². The Morgan fingerprint density at radius 2 is 1.87 bits per heavy atom. The van der Waals surface area contributed by atoms with E-state index in [1.807, 2.05) is 54.6 Å². The van der Waals surface area contributed by atoms with Gasteiger partial charge in [-0.25, -0.2) is 12.7 Å². The number of nitrogens with one attached hydrogen (secondary N) is 1. The van der Waals surface area contributed by atoms with Crippen LogP contribution in [0.25, 0.3) is 0 Å². The third kappa shape index (κ3) is 6.06. The lowest BCUT2D eigenvalue weighted by Gasteiger charge is -2.31. The summed E-state index contributed by atoms with van der Waals surface area (Å²) in [6, 6.07) is 17.4. The minimum Gasteiger partial charge on any atom is -0.496 e. The Bertz CT molecular complexity index is 931. The molecule has 6 nitrogen and oxygen atoms in total. The number of amides is 1. The number of piperidine rings is 1. The van der Waals surface area contributed by atoms with Gasteiger partial charge in [0, 0.05) is 25.2 Å². The predicted molar refractivity (Wildman–Crippen MR) is 118 cm³/mol. The van der Waals surface area contributed by atoms with Crippen molar-refractivity contribution in [3.63, 3.8) is 0 Å². The van der Waals surface area contributed by atoms with Gasteiger partial charge in [0.05, 0.1) is 18.8 Å². The highest BCUT2D eigenvalue weighted by Gasteiger charge is 2.32. The molecule has 1 heterocycles. The number of para-hydroxylation sites is 1. The molecule has 0 saturated carbocycles. The van der Waals surface area contributed by atoms with Crippen LogP contribution in [0.5, 0.6) is 5.75 Å². The molecule has 0 spiro atoms. The molecule has 2 aromatic rings. The second-order valence-corrected chi connectivity index (χ2v) is 9.72. The first kappa shape index (κ1) is 22.3. The van der Waals surface area contributed by atoms with Gasteiger partial charge in [-0.3, -0.25) is 4.79 Å².